The van der Waals surface area contributed by atoms with E-state index in [0.717, 1.165) is 6.33 Å². The molecule has 6 N–H and O–H groups in total. The number of aliphatic hydroxyl groups excluding tert-OH is 2. The Bertz CT molecular complexity index is 958. The Morgan fingerprint density at radius 1 is 1.16 bits per heavy atom. The number of nitrogens with two attached hydrogens (primary N) is 1. The van der Waals surface area contributed by atoms with Gasteiger partial charge in [0, 0.05) is 0 Å². The molecule has 166 valence electrons. The normalized spacial score (nSPS) is 29.0. The maximum Gasteiger partial charge on any atom is 1.00 e. The van der Waals surface area contributed by atoms with Crippen LogP contribution in [0.3, 0.4) is 0 Å². The van der Waals surface area contributed by atoms with Gasteiger partial charge in [-0.05, 0) is 0 Å². The van der Waals surface area contributed by atoms with Gasteiger partial charge in [0.05, 0.1) is 6.61 Å². The van der Waals surface area contributed by atoms with Crippen LogP contribution >= 0.6 is 23.5 Å². The summed E-state index contributed by atoms with van der Waals surface area (Å²) in [5, 5.41) is 19.9. The van der Waals surface area contributed by atoms with Crippen LogP contribution in [0.5, 0.6) is 0 Å². The van der Waals surface area contributed by atoms with Crippen LogP contribution in [0, 0.1) is 0 Å². The molecule has 1 aliphatic heterocycles. The number of aromatic nitrogens is 3. The molecule has 0 radical (unpaired) electrons. The molecule has 0 bridgehead atoms. The summed E-state index contributed by atoms with van der Waals surface area (Å²) in [6.45, 7) is -1.08. The Labute approximate surface area is 216 Å². The summed E-state index contributed by atoms with van der Waals surface area (Å²) in [7, 11) is -17.5. The summed E-state index contributed by atoms with van der Waals surface area (Å²) < 4.78 is 49.7. The van der Waals surface area contributed by atoms with Gasteiger partial charge < -0.3 is 40.3 Å². The first-order valence-corrected chi connectivity index (χ1v) is 11.5. The number of anilines is 1. The standard InChI is InChI=1S/C8H15N4O14P3.2Na/c9-7-10-2-12(8(15)11-7)6-5(14)4(13)3(24-6)1-23-28(19,20)26-29(21,22)25-27(16,17)18;;/h2-6,13-14H,1H2,(H,19,20)(H,21,22)(H2,9,11,15)(H2,16,17,18);;/q;2*+1/p-2/t3-,4-,5-,6-;;/m1../s1. The van der Waals surface area contributed by atoms with Crippen molar-refractivity contribution in [1.29, 1.82) is 0 Å². The largest absolute Gasteiger partial charge is 1.00 e. The minimum Gasteiger partial charge on any atom is -0.756 e. The Morgan fingerprint density at radius 3 is 2.26 bits per heavy atom. The van der Waals surface area contributed by atoms with Crippen molar-refractivity contribution in [2.24, 2.45) is 0 Å². The van der Waals surface area contributed by atoms with Crippen molar-refractivity contribution in [2.75, 3.05) is 12.3 Å². The third-order valence-electron chi connectivity index (χ3n) is 3.17. The number of phosphoric acid groups is 3. The van der Waals surface area contributed by atoms with Crippen LogP contribution in [0.25, 0.3) is 0 Å². The van der Waals surface area contributed by atoms with Crippen molar-refractivity contribution in [3.8, 4) is 0 Å². The summed E-state index contributed by atoms with van der Waals surface area (Å²) in [6, 6.07) is 0. The predicted octanol–water partition coefficient (Wildman–Crippen LogP) is -10.1. The molecular weight excluding hydrogens is 515 g/mol. The van der Waals surface area contributed by atoms with Crippen molar-refractivity contribution >= 4 is 29.4 Å². The van der Waals surface area contributed by atoms with Gasteiger partial charge in [0.15, 0.2) is 6.23 Å². The second-order valence-corrected chi connectivity index (χ2v) is 9.63. The molecule has 18 nitrogen and oxygen atoms in total. The number of nitrogens with zero attached hydrogens (tertiary/aromatic N) is 3. The molecule has 0 aliphatic carbocycles. The molecule has 1 saturated heterocycles. The Balaban J connectivity index is 0.00000450. The summed E-state index contributed by atoms with van der Waals surface area (Å²) >= 11 is 0. The van der Waals surface area contributed by atoms with E-state index >= 15 is 0 Å². The SMILES string of the molecule is Nc1ncn([C@@H]2O[C@H](COP(=O)(O)OP(=O)([O-])OP(=O)([O-])O)[C@@H](O)[C@H]2O)c(=O)n1.[Na+].[Na+]. The number of nitrogen functional groups attached to an aromatic ring is 1. The topological polar surface area (TPSA) is 289 Å². The van der Waals surface area contributed by atoms with Crippen molar-refractivity contribution in [2.45, 2.75) is 24.5 Å². The second-order valence-electron chi connectivity index (χ2n) is 5.29. The first kappa shape index (κ1) is 31.9. The van der Waals surface area contributed by atoms with Crippen molar-refractivity contribution in [3.05, 3.63) is 16.8 Å². The molecule has 0 amide bonds. The summed E-state index contributed by atoms with van der Waals surface area (Å²) in [4.78, 5) is 57.6. The smallest absolute Gasteiger partial charge is 0.756 e. The zero-order chi connectivity index (χ0) is 22.2. The molecule has 1 fully saturated rings. The summed E-state index contributed by atoms with van der Waals surface area (Å²) in [5.74, 6) is -0.382. The predicted molar refractivity (Wildman–Crippen MR) is 82.0 cm³/mol. The number of aliphatic hydroxyl groups is 2. The van der Waals surface area contributed by atoms with Gasteiger partial charge in [-0.15, -0.1) is 0 Å². The van der Waals surface area contributed by atoms with Gasteiger partial charge in [0.25, 0.3) is 15.6 Å². The Morgan fingerprint density at radius 2 is 1.74 bits per heavy atom. The quantitative estimate of drug-likeness (QED) is 0.155. The van der Waals surface area contributed by atoms with Crippen LogP contribution in [0.1, 0.15) is 6.23 Å². The number of phosphoric ester groups is 1. The molecular formula is C8H13N4Na2O14P3. The fraction of sp³-hybridized carbons (Fsp3) is 0.625. The van der Waals surface area contributed by atoms with Crippen LogP contribution in [-0.2, 0) is 31.6 Å². The molecule has 2 rings (SSSR count). The fourth-order valence-electron chi connectivity index (χ4n) is 2.09. The van der Waals surface area contributed by atoms with Crippen LogP contribution in [0.15, 0.2) is 11.1 Å². The van der Waals surface area contributed by atoms with Crippen molar-refractivity contribution in [1.82, 2.24) is 14.5 Å². The molecule has 0 aromatic carbocycles. The van der Waals surface area contributed by atoms with Gasteiger partial charge in [-0.25, -0.2) is 23.0 Å². The van der Waals surface area contributed by atoms with Gasteiger partial charge >= 0.3 is 72.6 Å². The van der Waals surface area contributed by atoms with Crippen LogP contribution in [-0.4, -0.2) is 59.5 Å². The van der Waals surface area contributed by atoms with Gasteiger partial charge in [-0.2, -0.15) is 4.98 Å². The van der Waals surface area contributed by atoms with E-state index in [1.165, 1.54) is 0 Å². The average molecular weight is 528 g/mol. The monoisotopic (exact) mass is 528 g/mol. The number of hydrogen-bond acceptors (Lipinski definition) is 15. The third-order valence-corrected chi connectivity index (χ3v) is 6.89. The molecule has 7 atom stereocenters. The van der Waals surface area contributed by atoms with E-state index in [-0.39, 0.29) is 65.1 Å². The van der Waals surface area contributed by atoms with Gasteiger partial charge in [-0.1, -0.05) is 0 Å². The summed E-state index contributed by atoms with van der Waals surface area (Å²) in [5.41, 5.74) is 4.20. The van der Waals surface area contributed by atoms with Crippen LogP contribution < -0.4 is 80.3 Å². The molecule has 1 aromatic rings. The second kappa shape index (κ2) is 12.0. The summed E-state index contributed by atoms with van der Waals surface area (Å²) in [6.07, 6.45) is -5.91. The molecule has 2 heterocycles. The maximum absolute atomic E-state index is 11.7. The number of rotatable bonds is 8. The molecule has 0 saturated carbocycles. The maximum atomic E-state index is 11.7. The van der Waals surface area contributed by atoms with Gasteiger partial charge in [-0.3, -0.25) is 18.2 Å². The first-order chi connectivity index (χ1) is 13.1. The Hall–Kier alpha value is 0.900. The van der Waals surface area contributed by atoms with Gasteiger partial charge in [0.2, 0.25) is 5.95 Å². The van der Waals surface area contributed by atoms with Crippen molar-refractivity contribution < 1.29 is 120 Å². The number of hydrogen-bond donors (Lipinski definition) is 5. The van der Waals surface area contributed by atoms with E-state index in [9.17, 15) is 43.4 Å². The molecule has 31 heavy (non-hydrogen) atoms. The van der Waals surface area contributed by atoms with E-state index < -0.39 is 60.3 Å². The molecule has 3 unspecified atom stereocenters. The number of ether oxygens (including phenoxy) is 1. The zero-order valence-corrected chi connectivity index (χ0v) is 22.4. The van der Waals surface area contributed by atoms with E-state index in [0.29, 0.717) is 4.57 Å². The third kappa shape index (κ3) is 9.58. The Kier molecular flexibility index (Phi) is 12.4. The molecule has 1 aliphatic rings. The van der Waals surface area contributed by atoms with Gasteiger partial charge in [0.1, 0.15) is 24.6 Å². The van der Waals surface area contributed by atoms with E-state index in [1.54, 1.807) is 0 Å². The minimum absolute atomic E-state index is 0. The van der Waals surface area contributed by atoms with Crippen molar-refractivity contribution in [3.63, 3.8) is 0 Å². The molecule has 1 aromatic heterocycles. The molecule has 23 heteroatoms. The first-order valence-electron chi connectivity index (χ1n) is 7.07. The minimum atomic E-state index is -6.04. The zero-order valence-electron chi connectivity index (χ0n) is 15.7. The molecule has 0 spiro atoms. The average Bonchev–Trinajstić information content (AvgIpc) is 2.78. The van der Waals surface area contributed by atoms with E-state index in [2.05, 4.69) is 23.1 Å². The van der Waals surface area contributed by atoms with Crippen LogP contribution in [0.2, 0.25) is 0 Å². The fourth-order valence-corrected chi connectivity index (χ4v) is 5.02. The van der Waals surface area contributed by atoms with E-state index in [4.69, 9.17) is 15.4 Å². The van der Waals surface area contributed by atoms with Crippen LogP contribution in [0.4, 0.5) is 5.95 Å². The van der Waals surface area contributed by atoms with E-state index in [1.807, 2.05) is 0 Å².